The summed E-state index contributed by atoms with van der Waals surface area (Å²) in [5, 5.41) is 3.16. The van der Waals surface area contributed by atoms with Gasteiger partial charge in [-0.05, 0) is 30.3 Å². The van der Waals surface area contributed by atoms with Crippen LogP contribution in [0.4, 0.5) is 5.69 Å². The standard InChI is InChI=1S/C17H16ClNO5/c1-22-13-6-7-14(17(21)23-2)15(9-13)24-10-16(20)19-12-5-3-4-11(18)8-12/h3-9H,10H2,1-2H3,(H,19,20). The molecule has 6 nitrogen and oxygen atoms in total. The van der Waals surface area contributed by atoms with Gasteiger partial charge in [0.15, 0.2) is 6.61 Å². The number of methoxy groups -OCH3 is 2. The molecule has 0 radical (unpaired) electrons. The van der Waals surface area contributed by atoms with Crippen LogP contribution in [0.25, 0.3) is 0 Å². The molecular formula is C17H16ClNO5. The highest BCUT2D eigenvalue weighted by molar-refractivity contribution is 6.30. The Kier molecular flexibility index (Phi) is 6.03. The zero-order chi connectivity index (χ0) is 17.5. The Bertz CT molecular complexity index is 748. The second-order valence-corrected chi connectivity index (χ2v) is 5.14. The van der Waals surface area contributed by atoms with Crippen molar-refractivity contribution >= 4 is 29.2 Å². The maximum absolute atomic E-state index is 12.0. The minimum Gasteiger partial charge on any atom is -0.497 e. The molecule has 7 heteroatoms. The molecule has 0 saturated carbocycles. The highest BCUT2D eigenvalue weighted by Crippen LogP contribution is 2.25. The minimum atomic E-state index is -0.567. The fraction of sp³-hybridized carbons (Fsp3) is 0.176. The van der Waals surface area contributed by atoms with E-state index >= 15 is 0 Å². The number of ether oxygens (including phenoxy) is 3. The maximum atomic E-state index is 12.0. The molecule has 0 saturated heterocycles. The predicted molar refractivity (Wildman–Crippen MR) is 89.9 cm³/mol. The summed E-state index contributed by atoms with van der Waals surface area (Å²) in [6.07, 6.45) is 0. The first-order chi connectivity index (χ1) is 11.5. The molecule has 0 atom stereocenters. The number of carbonyl (C=O) groups excluding carboxylic acids is 2. The van der Waals surface area contributed by atoms with Gasteiger partial charge in [0.1, 0.15) is 17.1 Å². The van der Waals surface area contributed by atoms with E-state index in [2.05, 4.69) is 5.32 Å². The van der Waals surface area contributed by atoms with Crippen molar-refractivity contribution in [2.24, 2.45) is 0 Å². The first-order valence-corrected chi connectivity index (χ1v) is 7.36. The molecule has 1 N–H and O–H groups in total. The number of amides is 1. The summed E-state index contributed by atoms with van der Waals surface area (Å²) in [4.78, 5) is 23.7. The van der Waals surface area contributed by atoms with E-state index < -0.39 is 11.9 Å². The minimum absolute atomic E-state index is 0.197. The molecule has 2 aromatic carbocycles. The second kappa shape index (κ2) is 8.21. The number of hydrogen-bond acceptors (Lipinski definition) is 5. The lowest BCUT2D eigenvalue weighted by Crippen LogP contribution is -2.21. The summed E-state index contributed by atoms with van der Waals surface area (Å²) in [5.74, 6) is -0.269. The first-order valence-electron chi connectivity index (χ1n) is 6.98. The Hall–Kier alpha value is -2.73. The topological polar surface area (TPSA) is 73.9 Å². The Labute approximate surface area is 144 Å². The largest absolute Gasteiger partial charge is 0.497 e. The quantitative estimate of drug-likeness (QED) is 0.811. The lowest BCUT2D eigenvalue weighted by molar-refractivity contribution is -0.118. The van der Waals surface area contributed by atoms with E-state index in [-0.39, 0.29) is 17.9 Å². The van der Waals surface area contributed by atoms with Gasteiger partial charge < -0.3 is 19.5 Å². The molecule has 0 aliphatic heterocycles. The molecule has 0 bridgehead atoms. The van der Waals surface area contributed by atoms with Crippen molar-refractivity contribution in [1.29, 1.82) is 0 Å². The van der Waals surface area contributed by atoms with E-state index in [9.17, 15) is 9.59 Å². The third-order valence-electron chi connectivity index (χ3n) is 3.06. The van der Waals surface area contributed by atoms with Crippen LogP contribution in [0.3, 0.4) is 0 Å². The molecule has 0 aromatic heterocycles. The Morgan fingerprint density at radius 3 is 2.58 bits per heavy atom. The highest BCUT2D eigenvalue weighted by atomic mass is 35.5. The molecule has 2 aromatic rings. The van der Waals surface area contributed by atoms with Crippen LogP contribution in [0.2, 0.25) is 5.02 Å². The van der Waals surface area contributed by atoms with Gasteiger partial charge in [0.05, 0.1) is 14.2 Å². The number of rotatable bonds is 6. The van der Waals surface area contributed by atoms with E-state index in [4.69, 9.17) is 25.8 Å². The molecule has 0 spiro atoms. The van der Waals surface area contributed by atoms with Crippen molar-refractivity contribution in [3.63, 3.8) is 0 Å². The van der Waals surface area contributed by atoms with E-state index in [0.29, 0.717) is 16.5 Å². The first kappa shape index (κ1) is 17.6. The average molecular weight is 350 g/mol. The van der Waals surface area contributed by atoms with Crippen LogP contribution in [0.5, 0.6) is 11.5 Å². The fourth-order valence-electron chi connectivity index (χ4n) is 1.93. The van der Waals surface area contributed by atoms with E-state index in [0.717, 1.165) is 0 Å². The van der Waals surface area contributed by atoms with Gasteiger partial charge in [0, 0.05) is 16.8 Å². The highest BCUT2D eigenvalue weighted by Gasteiger charge is 2.15. The lowest BCUT2D eigenvalue weighted by Gasteiger charge is -2.12. The molecule has 2 rings (SSSR count). The van der Waals surface area contributed by atoms with Crippen LogP contribution in [-0.2, 0) is 9.53 Å². The van der Waals surface area contributed by atoms with Gasteiger partial charge in [-0.15, -0.1) is 0 Å². The number of nitrogens with one attached hydrogen (secondary N) is 1. The van der Waals surface area contributed by atoms with Crippen LogP contribution in [-0.4, -0.2) is 32.7 Å². The van der Waals surface area contributed by atoms with Crippen molar-refractivity contribution in [3.8, 4) is 11.5 Å². The van der Waals surface area contributed by atoms with Gasteiger partial charge in [-0.3, -0.25) is 4.79 Å². The third kappa shape index (κ3) is 4.63. The molecule has 0 aliphatic carbocycles. The molecule has 24 heavy (non-hydrogen) atoms. The maximum Gasteiger partial charge on any atom is 0.341 e. The molecule has 0 fully saturated rings. The number of esters is 1. The Balaban J connectivity index is 2.07. The molecular weight excluding hydrogens is 334 g/mol. The van der Waals surface area contributed by atoms with E-state index in [1.165, 1.54) is 26.4 Å². The number of anilines is 1. The van der Waals surface area contributed by atoms with Crippen LogP contribution in [0.1, 0.15) is 10.4 Å². The zero-order valence-electron chi connectivity index (χ0n) is 13.2. The summed E-state index contributed by atoms with van der Waals surface area (Å²) >= 11 is 5.86. The number of hydrogen-bond donors (Lipinski definition) is 1. The summed E-state index contributed by atoms with van der Waals surface area (Å²) in [6.45, 7) is -0.288. The number of halogens is 1. The van der Waals surface area contributed by atoms with Crippen molar-refractivity contribution < 1.29 is 23.8 Å². The van der Waals surface area contributed by atoms with Gasteiger partial charge >= 0.3 is 5.97 Å². The van der Waals surface area contributed by atoms with Gasteiger partial charge in [-0.1, -0.05) is 17.7 Å². The van der Waals surface area contributed by atoms with E-state index in [1.807, 2.05) is 0 Å². The van der Waals surface area contributed by atoms with Crippen molar-refractivity contribution in [3.05, 3.63) is 53.1 Å². The van der Waals surface area contributed by atoms with Gasteiger partial charge in [-0.2, -0.15) is 0 Å². The molecule has 126 valence electrons. The molecule has 0 aliphatic rings. The van der Waals surface area contributed by atoms with Crippen LogP contribution < -0.4 is 14.8 Å². The molecule has 0 heterocycles. The van der Waals surface area contributed by atoms with Crippen molar-refractivity contribution in [2.45, 2.75) is 0 Å². The lowest BCUT2D eigenvalue weighted by atomic mass is 10.2. The van der Waals surface area contributed by atoms with Gasteiger partial charge in [0.25, 0.3) is 5.91 Å². The number of benzene rings is 2. The summed E-state index contributed by atoms with van der Waals surface area (Å²) < 4.78 is 15.2. The Morgan fingerprint density at radius 1 is 1.12 bits per heavy atom. The van der Waals surface area contributed by atoms with Crippen LogP contribution in [0.15, 0.2) is 42.5 Å². The second-order valence-electron chi connectivity index (χ2n) is 4.70. The van der Waals surface area contributed by atoms with Crippen molar-refractivity contribution in [2.75, 3.05) is 26.1 Å². The van der Waals surface area contributed by atoms with Crippen molar-refractivity contribution in [1.82, 2.24) is 0 Å². The van der Waals surface area contributed by atoms with E-state index in [1.54, 1.807) is 30.3 Å². The monoisotopic (exact) mass is 349 g/mol. The number of carbonyl (C=O) groups is 2. The Morgan fingerprint density at radius 2 is 1.92 bits per heavy atom. The van der Waals surface area contributed by atoms with Gasteiger partial charge in [-0.25, -0.2) is 4.79 Å². The smallest absolute Gasteiger partial charge is 0.341 e. The van der Waals surface area contributed by atoms with Gasteiger partial charge in [0.2, 0.25) is 0 Å². The zero-order valence-corrected chi connectivity index (χ0v) is 13.9. The third-order valence-corrected chi connectivity index (χ3v) is 3.30. The average Bonchev–Trinajstić information content (AvgIpc) is 2.59. The summed E-state index contributed by atoms with van der Waals surface area (Å²) in [5.41, 5.74) is 0.754. The molecule has 0 unspecified atom stereocenters. The summed E-state index contributed by atoms with van der Waals surface area (Å²) in [7, 11) is 2.75. The molecule has 1 amide bonds. The summed E-state index contributed by atoms with van der Waals surface area (Å²) in [6, 6.07) is 11.4. The van der Waals surface area contributed by atoms with Crippen LogP contribution in [0, 0.1) is 0 Å². The SMILES string of the molecule is COC(=O)c1ccc(OC)cc1OCC(=O)Nc1cccc(Cl)c1. The predicted octanol–water partition coefficient (Wildman–Crippen LogP) is 3.15. The fourth-order valence-corrected chi connectivity index (χ4v) is 2.12. The van der Waals surface area contributed by atoms with Crippen LogP contribution >= 0.6 is 11.6 Å². The normalized spacial score (nSPS) is 9.96.